The van der Waals surface area contributed by atoms with Crippen LogP contribution in [-0.2, 0) is 0 Å². The highest BCUT2D eigenvalue weighted by Crippen LogP contribution is 2.24. The predicted molar refractivity (Wildman–Crippen MR) is 69.1 cm³/mol. The molecule has 0 aliphatic rings. The van der Waals surface area contributed by atoms with Crippen molar-refractivity contribution in [3.63, 3.8) is 0 Å². The van der Waals surface area contributed by atoms with Gasteiger partial charge in [0, 0.05) is 5.02 Å². The predicted octanol–water partition coefficient (Wildman–Crippen LogP) is 3.40. The van der Waals surface area contributed by atoms with Crippen LogP contribution in [0.15, 0.2) is 18.2 Å². The molecule has 3 heteroatoms. The highest BCUT2D eigenvalue weighted by atomic mass is 35.5. The number of rotatable bonds is 5. The van der Waals surface area contributed by atoms with Crippen LogP contribution in [0.5, 0.6) is 5.75 Å². The third kappa shape index (κ3) is 4.03. The number of aryl methyl sites for hydroxylation is 1. The summed E-state index contributed by atoms with van der Waals surface area (Å²) in [5.74, 6) is 0.861. The highest BCUT2D eigenvalue weighted by molar-refractivity contribution is 6.30. The zero-order valence-electron chi connectivity index (χ0n) is 10.2. The van der Waals surface area contributed by atoms with E-state index in [1.54, 1.807) is 0 Å². The zero-order chi connectivity index (χ0) is 12.2. The van der Waals surface area contributed by atoms with Crippen LogP contribution >= 0.6 is 11.6 Å². The van der Waals surface area contributed by atoms with Gasteiger partial charge in [-0.15, -0.1) is 0 Å². The Bertz CT molecular complexity index is 350. The molecule has 0 fully saturated rings. The van der Waals surface area contributed by atoms with Gasteiger partial charge < -0.3 is 10.5 Å². The minimum absolute atomic E-state index is 0.131. The van der Waals surface area contributed by atoms with Crippen molar-refractivity contribution < 1.29 is 4.74 Å². The van der Waals surface area contributed by atoms with Gasteiger partial charge in [-0.25, -0.2) is 0 Å². The molecule has 90 valence electrons. The second kappa shape index (κ2) is 5.55. The SMILES string of the molecule is Cc1ccc(Cl)cc1OCCC(C)(C)CN. The van der Waals surface area contributed by atoms with Gasteiger partial charge in [0.15, 0.2) is 0 Å². The van der Waals surface area contributed by atoms with Crippen LogP contribution in [0.3, 0.4) is 0 Å². The Morgan fingerprint density at radius 3 is 2.69 bits per heavy atom. The summed E-state index contributed by atoms with van der Waals surface area (Å²) in [7, 11) is 0. The first kappa shape index (κ1) is 13.3. The van der Waals surface area contributed by atoms with E-state index < -0.39 is 0 Å². The average molecular weight is 242 g/mol. The molecule has 0 aromatic heterocycles. The molecule has 2 N–H and O–H groups in total. The molecule has 0 spiro atoms. The van der Waals surface area contributed by atoms with Crippen molar-refractivity contribution in [2.75, 3.05) is 13.2 Å². The molecule has 0 atom stereocenters. The van der Waals surface area contributed by atoms with Crippen molar-refractivity contribution in [2.45, 2.75) is 27.2 Å². The van der Waals surface area contributed by atoms with Crippen LogP contribution in [0.25, 0.3) is 0 Å². The fourth-order valence-electron chi connectivity index (χ4n) is 1.27. The number of halogens is 1. The van der Waals surface area contributed by atoms with Gasteiger partial charge in [-0.1, -0.05) is 31.5 Å². The Kier molecular flexibility index (Phi) is 4.63. The Hall–Kier alpha value is -0.730. The Labute approximate surface area is 103 Å². The summed E-state index contributed by atoms with van der Waals surface area (Å²) in [5, 5.41) is 0.707. The summed E-state index contributed by atoms with van der Waals surface area (Å²) in [4.78, 5) is 0. The van der Waals surface area contributed by atoms with Crippen molar-refractivity contribution in [3.8, 4) is 5.75 Å². The molecule has 1 aromatic rings. The molecule has 0 bridgehead atoms. The lowest BCUT2D eigenvalue weighted by atomic mass is 9.90. The molecule has 0 aliphatic heterocycles. The van der Waals surface area contributed by atoms with Crippen LogP contribution in [-0.4, -0.2) is 13.2 Å². The molecular weight excluding hydrogens is 222 g/mol. The number of hydrogen-bond acceptors (Lipinski definition) is 2. The standard InChI is InChI=1S/C13H20ClNO/c1-10-4-5-11(14)8-12(10)16-7-6-13(2,3)9-15/h4-5,8H,6-7,9,15H2,1-3H3. The summed E-state index contributed by atoms with van der Waals surface area (Å²) >= 11 is 5.91. The molecule has 0 saturated carbocycles. The van der Waals surface area contributed by atoms with E-state index in [1.807, 2.05) is 25.1 Å². The van der Waals surface area contributed by atoms with Crippen LogP contribution < -0.4 is 10.5 Å². The first-order valence-corrected chi connectivity index (χ1v) is 5.91. The van der Waals surface area contributed by atoms with E-state index in [1.165, 1.54) is 0 Å². The van der Waals surface area contributed by atoms with Crippen LogP contribution in [0, 0.1) is 12.3 Å². The third-order valence-electron chi connectivity index (χ3n) is 2.74. The van der Waals surface area contributed by atoms with E-state index in [2.05, 4.69) is 13.8 Å². The molecule has 0 saturated heterocycles. The zero-order valence-corrected chi connectivity index (χ0v) is 11.0. The lowest BCUT2D eigenvalue weighted by Crippen LogP contribution is -2.25. The van der Waals surface area contributed by atoms with E-state index in [0.717, 1.165) is 17.7 Å². The smallest absolute Gasteiger partial charge is 0.123 e. The summed E-state index contributed by atoms with van der Waals surface area (Å²) in [6, 6.07) is 5.69. The normalized spacial score (nSPS) is 11.6. The van der Waals surface area contributed by atoms with Crippen molar-refractivity contribution >= 4 is 11.6 Å². The molecule has 16 heavy (non-hydrogen) atoms. The number of hydrogen-bond donors (Lipinski definition) is 1. The molecule has 0 amide bonds. The summed E-state index contributed by atoms with van der Waals surface area (Å²) in [6.07, 6.45) is 0.940. The van der Waals surface area contributed by atoms with E-state index in [4.69, 9.17) is 22.1 Å². The van der Waals surface area contributed by atoms with E-state index in [0.29, 0.717) is 18.2 Å². The number of nitrogens with two attached hydrogens (primary N) is 1. The van der Waals surface area contributed by atoms with Crippen molar-refractivity contribution in [1.29, 1.82) is 0 Å². The van der Waals surface area contributed by atoms with Gasteiger partial charge >= 0.3 is 0 Å². The third-order valence-corrected chi connectivity index (χ3v) is 2.97. The van der Waals surface area contributed by atoms with Crippen molar-refractivity contribution in [1.82, 2.24) is 0 Å². The average Bonchev–Trinajstić information content (AvgIpc) is 2.23. The molecular formula is C13H20ClNO. The number of benzene rings is 1. The van der Waals surface area contributed by atoms with Gasteiger partial charge in [-0.05, 0) is 43.0 Å². The van der Waals surface area contributed by atoms with Crippen LogP contribution in [0.2, 0.25) is 5.02 Å². The summed E-state index contributed by atoms with van der Waals surface area (Å²) in [6.45, 7) is 7.64. The lowest BCUT2D eigenvalue weighted by Gasteiger charge is -2.22. The molecule has 2 nitrogen and oxygen atoms in total. The first-order valence-electron chi connectivity index (χ1n) is 5.54. The van der Waals surface area contributed by atoms with Gasteiger partial charge in [-0.2, -0.15) is 0 Å². The Balaban J connectivity index is 2.52. The minimum Gasteiger partial charge on any atom is -0.493 e. The Morgan fingerprint density at radius 1 is 1.38 bits per heavy atom. The Morgan fingerprint density at radius 2 is 2.06 bits per heavy atom. The van der Waals surface area contributed by atoms with Gasteiger partial charge in [0.25, 0.3) is 0 Å². The van der Waals surface area contributed by atoms with Crippen LogP contribution in [0.1, 0.15) is 25.8 Å². The molecule has 0 aliphatic carbocycles. The minimum atomic E-state index is 0.131. The topological polar surface area (TPSA) is 35.2 Å². The maximum atomic E-state index is 5.91. The van der Waals surface area contributed by atoms with Gasteiger partial charge in [-0.3, -0.25) is 0 Å². The van der Waals surface area contributed by atoms with E-state index >= 15 is 0 Å². The lowest BCUT2D eigenvalue weighted by molar-refractivity contribution is 0.232. The summed E-state index contributed by atoms with van der Waals surface area (Å²) in [5.41, 5.74) is 6.90. The van der Waals surface area contributed by atoms with Crippen molar-refractivity contribution in [2.24, 2.45) is 11.1 Å². The van der Waals surface area contributed by atoms with E-state index in [-0.39, 0.29) is 5.41 Å². The van der Waals surface area contributed by atoms with E-state index in [9.17, 15) is 0 Å². The molecule has 1 rings (SSSR count). The molecule has 1 aromatic carbocycles. The molecule has 0 heterocycles. The monoisotopic (exact) mass is 241 g/mol. The second-order valence-electron chi connectivity index (χ2n) is 4.88. The fourth-order valence-corrected chi connectivity index (χ4v) is 1.43. The van der Waals surface area contributed by atoms with Gasteiger partial charge in [0.2, 0.25) is 0 Å². The van der Waals surface area contributed by atoms with Crippen LogP contribution in [0.4, 0.5) is 0 Å². The highest BCUT2D eigenvalue weighted by Gasteiger charge is 2.15. The molecule has 0 radical (unpaired) electrons. The van der Waals surface area contributed by atoms with Crippen molar-refractivity contribution in [3.05, 3.63) is 28.8 Å². The maximum absolute atomic E-state index is 5.91. The maximum Gasteiger partial charge on any atom is 0.123 e. The summed E-state index contributed by atoms with van der Waals surface area (Å²) < 4.78 is 5.72. The van der Waals surface area contributed by atoms with Gasteiger partial charge in [0.1, 0.15) is 5.75 Å². The first-order chi connectivity index (χ1) is 7.44. The largest absolute Gasteiger partial charge is 0.493 e. The molecule has 0 unspecified atom stereocenters. The number of ether oxygens (including phenoxy) is 1. The quantitative estimate of drug-likeness (QED) is 0.858. The van der Waals surface area contributed by atoms with Gasteiger partial charge in [0.05, 0.1) is 6.61 Å². The second-order valence-corrected chi connectivity index (χ2v) is 5.31. The fraction of sp³-hybridized carbons (Fsp3) is 0.538.